The summed E-state index contributed by atoms with van der Waals surface area (Å²) in [7, 11) is 0. The van der Waals surface area contributed by atoms with Crippen molar-refractivity contribution in [2.75, 3.05) is 16.3 Å². The van der Waals surface area contributed by atoms with E-state index < -0.39 is 0 Å². The van der Waals surface area contributed by atoms with Gasteiger partial charge in [0.2, 0.25) is 5.91 Å². The van der Waals surface area contributed by atoms with Gasteiger partial charge in [0.15, 0.2) is 11.4 Å². The van der Waals surface area contributed by atoms with E-state index in [9.17, 15) is 4.79 Å². The Kier molecular flexibility index (Phi) is 3.57. The van der Waals surface area contributed by atoms with E-state index in [0.29, 0.717) is 6.54 Å². The second-order valence-electron chi connectivity index (χ2n) is 5.98. The number of rotatable bonds is 1. The number of fused-ring (bicyclic) bond motifs is 2. The molecule has 0 fully saturated rings. The van der Waals surface area contributed by atoms with E-state index >= 15 is 0 Å². The summed E-state index contributed by atoms with van der Waals surface area (Å²) >= 11 is 3.53. The second kappa shape index (κ2) is 5.63. The fourth-order valence-corrected chi connectivity index (χ4v) is 3.69. The Bertz CT molecular complexity index is 937. The maximum Gasteiger partial charge on any atom is 0.224 e. The minimum absolute atomic E-state index is 0.0339. The van der Waals surface area contributed by atoms with Crippen LogP contribution in [0.3, 0.4) is 0 Å². The summed E-state index contributed by atoms with van der Waals surface area (Å²) in [5.41, 5.74) is 2.58. The first-order valence-electron chi connectivity index (χ1n) is 7.77. The molecule has 1 aromatic heterocycles. The van der Waals surface area contributed by atoms with Crippen LogP contribution < -0.4 is 9.80 Å². The van der Waals surface area contributed by atoms with Crippen molar-refractivity contribution < 1.29 is 9.32 Å². The van der Waals surface area contributed by atoms with E-state index in [-0.39, 0.29) is 11.9 Å². The maximum atomic E-state index is 12.1. The zero-order valence-corrected chi connectivity index (χ0v) is 14.9. The molecule has 0 radical (unpaired) electrons. The number of anilines is 3. The number of aromatic nitrogens is 1. The van der Waals surface area contributed by atoms with E-state index in [4.69, 9.17) is 4.52 Å². The number of carbonyl (C=O) groups is 1. The summed E-state index contributed by atoms with van der Waals surface area (Å²) in [4.78, 5) is 16.1. The van der Waals surface area contributed by atoms with Crippen LogP contribution in [0, 0.1) is 0 Å². The first-order valence-corrected chi connectivity index (χ1v) is 8.57. The lowest BCUT2D eigenvalue weighted by atomic mass is 10.1. The summed E-state index contributed by atoms with van der Waals surface area (Å²) in [5, 5.41) is 5.25. The molecule has 1 amide bonds. The van der Waals surface area contributed by atoms with Gasteiger partial charge in [0.1, 0.15) is 0 Å². The van der Waals surface area contributed by atoms with Gasteiger partial charge in [-0.2, -0.15) is 0 Å². The Morgan fingerprint density at radius 1 is 1.25 bits per heavy atom. The van der Waals surface area contributed by atoms with Crippen LogP contribution in [0.1, 0.15) is 13.8 Å². The van der Waals surface area contributed by atoms with Crippen molar-refractivity contribution in [3.8, 4) is 0 Å². The van der Waals surface area contributed by atoms with Gasteiger partial charge in [0, 0.05) is 17.9 Å². The lowest BCUT2D eigenvalue weighted by Crippen LogP contribution is -2.48. The highest BCUT2D eigenvalue weighted by molar-refractivity contribution is 9.10. The van der Waals surface area contributed by atoms with Gasteiger partial charge in [0.25, 0.3) is 0 Å². The number of hydrogen-bond acceptors (Lipinski definition) is 4. The standard InChI is InChI=1S/C18H16BrN3O2/c1-11-10-21(18-14-5-3-4-6-17(14)24-20-18)16-9-13(19)7-8-15(16)22(11)12(2)23/h3-9,11H,10H2,1-2H3/t11-/m0/s1. The van der Waals surface area contributed by atoms with Crippen LogP contribution in [0.4, 0.5) is 17.2 Å². The molecule has 1 aliphatic heterocycles. The van der Waals surface area contributed by atoms with E-state index in [1.807, 2.05) is 54.3 Å². The molecule has 0 N–H and O–H groups in total. The molecular formula is C18H16BrN3O2. The molecule has 0 bridgehead atoms. The normalized spacial score (nSPS) is 17.2. The average molecular weight is 386 g/mol. The molecule has 1 aliphatic rings. The van der Waals surface area contributed by atoms with Crippen LogP contribution in [-0.2, 0) is 4.79 Å². The molecule has 2 heterocycles. The minimum atomic E-state index is 0.0339. The largest absolute Gasteiger partial charge is 0.354 e. The molecule has 6 heteroatoms. The predicted molar refractivity (Wildman–Crippen MR) is 97.8 cm³/mol. The number of nitrogens with zero attached hydrogens (tertiary/aromatic N) is 3. The Labute approximate surface area is 148 Å². The van der Waals surface area contributed by atoms with Gasteiger partial charge in [-0.05, 0) is 37.3 Å². The van der Waals surface area contributed by atoms with E-state index in [2.05, 4.69) is 26.0 Å². The lowest BCUT2D eigenvalue weighted by molar-refractivity contribution is -0.117. The summed E-state index contributed by atoms with van der Waals surface area (Å²) in [6, 6.07) is 13.8. The van der Waals surface area contributed by atoms with Gasteiger partial charge >= 0.3 is 0 Å². The highest BCUT2D eigenvalue weighted by atomic mass is 79.9. The SMILES string of the molecule is CC(=O)N1c2ccc(Br)cc2N(c2noc3ccccc23)C[C@@H]1C. The first-order chi connectivity index (χ1) is 11.6. The molecule has 0 unspecified atom stereocenters. The van der Waals surface area contributed by atoms with Gasteiger partial charge in [-0.25, -0.2) is 0 Å². The average Bonchev–Trinajstić information content (AvgIpc) is 2.98. The van der Waals surface area contributed by atoms with Crippen LogP contribution >= 0.6 is 15.9 Å². The van der Waals surface area contributed by atoms with Crippen LogP contribution in [0.15, 0.2) is 51.5 Å². The first kappa shape index (κ1) is 15.2. The predicted octanol–water partition coefficient (Wildman–Crippen LogP) is 4.48. The van der Waals surface area contributed by atoms with E-state index in [1.165, 1.54) is 0 Å². The molecule has 1 atom stereocenters. The van der Waals surface area contributed by atoms with E-state index in [0.717, 1.165) is 32.6 Å². The fraction of sp³-hybridized carbons (Fsp3) is 0.222. The fourth-order valence-electron chi connectivity index (χ4n) is 3.35. The second-order valence-corrected chi connectivity index (χ2v) is 6.90. The molecule has 24 heavy (non-hydrogen) atoms. The molecule has 0 spiro atoms. The third-order valence-electron chi connectivity index (χ3n) is 4.33. The van der Waals surface area contributed by atoms with Crippen LogP contribution in [0.5, 0.6) is 0 Å². The number of benzene rings is 2. The van der Waals surface area contributed by atoms with Crippen LogP contribution in [-0.4, -0.2) is 23.7 Å². The number of para-hydroxylation sites is 1. The minimum Gasteiger partial charge on any atom is -0.354 e. The van der Waals surface area contributed by atoms with Gasteiger partial charge < -0.3 is 14.3 Å². The zero-order valence-electron chi connectivity index (χ0n) is 13.4. The number of halogens is 1. The van der Waals surface area contributed by atoms with Crippen molar-refractivity contribution in [1.29, 1.82) is 0 Å². The Morgan fingerprint density at radius 2 is 2.04 bits per heavy atom. The van der Waals surface area contributed by atoms with Crippen LogP contribution in [0.25, 0.3) is 11.0 Å². The smallest absolute Gasteiger partial charge is 0.224 e. The number of carbonyl (C=O) groups excluding carboxylic acids is 1. The molecule has 4 rings (SSSR count). The summed E-state index contributed by atoms with van der Waals surface area (Å²) in [5.74, 6) is 0.815. The molecule has 0 aliphatic carbocycles. The molecule has 0 saturated heterocycles. The third kappa shape index (κ3) is 2.29. The van der Waals surface area contributed by atoms with Gasteiger partial charge in [-0.15, -0.1) is 0 Å². The quantitative estimate of drug-likeness (QED) is 0.619. The van der Waals surface area contributed by atoms with Crippen molar-refractivity contribution in [3.63, 3.8) is 0 Å². The summed E-state index contributed by atoms with van der Waals surface area (Å²) in [6.07, 6.45) is 0. The molecule has 5 nitrogen and oxygen atoms in total. The van der Waals surface area contributed by atoms with Crippen molar-refractivity contribution in [2.24, 2.45) is 0 Å². The Morgan fingerprint density at radius 3 is 2.83 bits per heavy atom. The van der Waals surface area contributed by atoms with Gasteiger partial charge in [-0.1, -0.05) is 33.2 Å². The lowest BCUT2D eigenvalue weighted by Gasteiger charge is -2.40. The van der Waals surface area contributed by atoms with Gasteiger partial charge in [-0.3, -0.25) is 4.79 Å². The summed E-state index contributed by atoms with van der Waals surface area (Å²) < 4.78 is 6.43. The topological polar surface area (TPSA) is 49.6 Å². The maximum absolute atomic E-state index is 12.1. The monoisotopic (exact) mass is 385 g/mol. The number of amides is 1. The van der Waals surface area contributed by atoms with Gasteiger partial charge in [0.05, 0.1) is 22.8 Å². The van der Waals surface area contributed by atoms with E-state index in [1.54, 1.807) is 6.92 Å². The van der Waals surface area contributed by atoms with Crippen LogP contribution in [0.2, 0.25) is 0 Å². The van der Waals surface area contributed by atoms with Crippen molar-refractivity contribution in [2.45, 2.75) is 19.9 Å². The number of hydrogen-bond donors (Lipinski definition) is 0. The third-order valence-corrected chi connectivity index (χ3v) is 4.82. The Balaban J connectivity index is 1.92. The molecule has 3 aromatic rings. The Hall–Kier alpha value is -2.34. The molecule has 2 aromatic carbocycles. The zero-order chi connectivity index (χ0) is 16.8. The summed E-state index contributed by atoms with van der Waals surface area (Å²) in [6.45, 7) is 4.30. The molecule has 122 valence electrons. The van der Waals surface area contributed by atoms with Crippen molar-refractivity contribution in [1.82, 2.24) is 5.16 Å². The highest BCUT2D eigenvalue weighted by Crippen LogP contribution is 2.42. The molecule has 0 saturated carbocycles. The van der Waals surface area contributed by atoms with Crippen molar-refractivity contribution >= 4 is 50.0 Å². The molecular weight excluding hydrogens is 370 g/mol. The van der Waals surface area contributed by atoms with Crippen molar-refractivity contribution in [3.05, 3.63) is 46.9 Å². The highest BCUT2D eigenvalue weighted by Gasteiger charge is 2.33.